The lowest BCUT2D eigenvalue weighted by Gasteiger charge is -2.31. The first-order chi connectivity index (χ1) is 13.2. The molecule has 28 heavy (non-hydrogen) atoms. The highest BCUT2D eigenvalue weighted by Crippen LogP contribution is 2.19. The van der Waals surface area contributed by atoms with Crippen molar-refractivity contribution in [2.24, 2.45) is 10.5 Å². The highest BCUT2D eigenvalue weighted by Gasteiger charge is 2.29. The first-order valence-electron chi connectivity index (χ1n) is 8.43. The highest BCUT2D eigenvalue weighted by atomic mass is 19.1. The summed E-state index contributed by atoms with van der Waals surface area (Å²) in [5.74, 6) is -0.0488. The van der Waals surface area contributed by atoms with Crippen LogP contribution in [0.2, 0.25) is 0 Å². The van der Waals surface area contributed by atoms with E-state index in [9.17, 15) is 14.0 Å². The maximum absolute atomic E-state index is 13.3. The van der Waals surface area contributed by atoms with Crippen LogP contribution in [0.4, 0.5) is 14.0 Å². The van der Waals surface area contributed by atoms with Gasteiger partial charge in [-0.15, -0.1) is 0 Å². The number of hydrogen-bond acceptors (Lipinski definition) is 6. The summed E-state index contributed by atoms with van der Waals surface area (Å²) in [5.41, 5.74) is 5.59. The number of hydrazine groups is 1. The van der Waals surface area contributed by atoms with Crippen molar-refractivity contribution < 1.29 is 18.7 Å². The van der Waals surface area contributed by atoms with E-state index in [1.807, 2.05) is 20.8 Å². The molecule has 2 N–H and O–H groups in total. The van der Waals surface area contributed by atoms with Crippen molar-refractivity contribution in [1.82, 2.24) is 25.8 Å². The summed E-state index contributed by atoms with van der Waals surface area (Å²) in [6, 6.07) is 5.24. The number of hydrazone groups is 1. The van der Waals surface area contributed by atoms with Crippen molar-refractivity contribution in [3.63, 3.8) is 0 Å². The summed E-state index contributed by atoms with van der Waals surface area (Å²) >= 11 is 0. The van der Waals surface area contributed by atoms with Gasteiger partial charge < -0.3 is 4.74 Å². The van der Waals surface area contributed by atoms with E-state index in [-0.39, 0.29) is 23.5 Å². The second-order valence-electron chi connectivity index (χ2n) is 7.07. The minimum atomic E-state index is -0.882. The van der Waals surface area contributed by atoms with Gasteiger partial charge in [0.1, 0.15) is 5.82 Å². The Labute approximate surface area is 160 Å². The molecule has 2 aromatic rings. The Hall–Kier alpha value is -3.56. The zero-order valence-corrected chi connectivity index (χ0v) is 15.6. The number of nitrogens with zero attached hydrogens (tertiary/aromatic N) is 4. The van der Waals surface area contributed by atoms with Crippen LogP contribution in [0.25, 0.3) is 11.4 Å². The lowest BCUT2D eigenvalue weighted by molar-refractivity contribution is 0.150. The topological polar surface area (TPSA) is 109 Å². The number of hydrogen-bond donors (Lipinski definition) is 2. The van der Waals surface area contributed by atoms with Crippen LogP contribution < -0.4 is 15.6 Å². The number of nitrogens with one attached hydrogen (secondary N) is 2. The van der Waals surface area contributed by atoms with Crippen molar-refractivity contribution in [3.05, 3.63) is 42.5 Å². The molecule has 0 spiro atoms. The first-order valence-corrected chi connectivity index (χ1v) is 8.43. The minimum absolute atomic E-state index is 0.0692. The largest absolute Gasteiger partial charge is 0.431 e. The van der Waals surface area contributed by atoms with Crippen LogP contribution in [0.1, 0.15) is 20.8 Å². The second-order valence-corrected chi connectivity index (χ2v) is 7.07. The molecule has 146 valence electrons. The Morgan fingerprint density at radius 3 is 2.64 bits per heavy atom. The van der Waals surface area contributed by atoms with E-state index in [0.717, 1.165) is 5.01 Å². The van der Waals surface area contributed by atoms with E-state index in [2.05, 4.69) is 25.9 Å². The van der Waals surface area contributed by atoms with Gasteiger partial charge in [-0.2, -0.15) is 5.10 Å². The predicted molar refractivity (Wildman–Crippen MR) is 98.7 cm³/mol. The monoisotopic (exact) mass is 386 g/mol. The normalized spacial score (nSPS) is 14.2. The Bertz CT molecular complexity index is 924. The average molecular weight is 386 g/mol. The van der Waals surface area contributed by atoms with Crippen LogP contribution >= 0.6 is 0 Å². The van der Waals surface area contributed by atoms with E-state index in [4.69, 9.17) is 4.74 Å². The van der Waals surface area contributed by atoms with Crippen LogP contribution in [-0.4, -0.2) is 39.4 Å². The van der Waals surface area contributed by atoms with Crippen molar-refractivity contribution in [3.8, 4) is 17.1 Å². The molecular weight excluding hydrogens is 367 g/mol. The fraction of sp³-hybridized carbons (Fsp3) is 0.278. The third kappa shape index (κ3) is 4.58. The summed E-state index contributed by atoms with van der Waals surface area (Å²) in [6.07, 6.45) is 1.68. The molecule has 1 aliphatic rings. The summed E-state index contributed by atoms with van der Waals surface area (Å²) in [4.78, 5) is 32.1. The maximum atomic E-state index is 13.3. The predicted octanol–water partition coefficient (Wildman–Crippen LogP) is 2.71. The molecule has 1 aromatic carbocycles. The smallest absolute Gasteiger partial charge is 0.406 e. The van der Waals surface area contributed by atoms with Crippen LogP contribution in [0.3, 0.4) is 0 Å². The fourth-order valence-corrected chi connectivity index (χ4v) is 2.31. The van der Waals surface area contributed by atoms with E-state index < -0.39 is 17.9 Å². The van der Waals surface area contributed by atoms with Crippen LogP contribution in [0, 0.1) is 11.2 Å². The number of aromatic nitrogens is 2. The number of urea groups is 1. The molecule has 0 aliphatic carbocycles. The molecule has 3 amide bonds. The Morgan fingerprint density at radius 1 is 1.29 bits per heavy atom. The van der Waals surface area contributed by atoms with Gasteiger partial charge in [-0.25, -0.2) is 39.8 Å². The molecule has 9 nitrogen and oxygen atoms in total. The van der Waals surface area contributed by atoms with Crippen molar-refractivity contribution >= 4 is 17.8 Å². The van der Waals surface area contributed by atoms with E-state index in [0.29, 0.717) is 11.3 Å². The highest BCUT2D eigenvalue weighted by molar-refractivity contribution is 5.96. The van der Waals surface area contributed by atoms with Crippen LogP contribution in [0.15, 0.2) is 41.8 Å². The first kappa shape index (κ1) is 19.2. The van der Waals surface area contributed by atoms with Crippen LogP contribution in [0.5, 0.6) is 5.75 Å². The molecule has 0 saturated heterocycles. The molecular formula is C18H19FN6O3. The fourth-order valence-electron chi connectivity index (χ4n) is 2.31. The zero-order valence-electron chi connectivity index (χ0n) is 15.6. The van der Waals surface area contributed by atoms with Crippen LogP contribution in [-0.2, 0) is 0 Å². The molecule has 1 aliphatic heterocycles. The lowest BCUT2D eigenvalue weighted by atomic mass is 9.89. The van der Waals surface area contributed by atoms with Crippen molar-refractivity contribution in [2.75, 3.05) is 6.54 Å². The third-order valence-electron chi connectivity index (χ3n) is 3.85. The summed E-state index contributed by atoms with van der Waals surface area (Å²) in [7, 11) is 0. The Balaban J connectivity index is 1.62. The standard InChI is InChI=1S/C18H19FN6O3/c1-18(2,3)14-10-25(16(26)23-22-14)24-17(27)28-13-8-20-15(21-9-13)11-5-4-6-12(19)7-11/h4-9H,10H2,1-3H3,(H,23,26)(H,24,27). The zero-order chi connectivity index (χ0) is 20.3. The number of ether oxygens (including phenoxy) is 1. The third-order valence-corrected chi connectivity index (χ3v) is 3.85. The number of benzene rings is 1. The van der Waals surface area contributed by atoms with Gasteiger partial charge in [0, 0.05) is 11.0 Å². The molecule has 0 radical (unpaired) electrons. The van der Waals surface area contributed by atoms with Gasteiger partial charge in [-0.05, 0) is 12.1 Å². The molecule has 10 heteroatoms. The number of amides is 3. The van der Waals surface area contributed by atoms with E-state index in [1.165, 1.54) is 24.5 Å². The average Bonchev–Trinajstić information content (AvgIpc) is 2.63. The summed E-state index contributed by atoms with van der Waals surface area (Å²) in [6.45, 7) is 5.95. The molecule has 0 saturated carbocycles. The number of carbonyl (C=O) groups excluding carboxylic acids is 2. The summed E-state index contributed by atoms with van der Waals surface area (Å²) in [5, 5.41) is 5.07. The van der Waals surface area contributed by atoms with Gasteiger partial charge in [-0.3, -0.25) is 0 Å². The number of rotatable bonds is 3. The number of carbonyl (C=O) groups is 2. The van der Waals surface area contributed by atoms with Gasteiger partial charge in [0.2, 0.25) is 0 Å². The molecule has 0 atom stereocenters. The van der Waals surface area contributed by atoms with Gasteiger partial charge >= 0.3 is 12.1 Å². The van der Waals surface area contributed by atoms with Crippen molar-refractivity contribution in [1.29, 1.82) is 0 Å². The minimum Gasteiger partial charge on any atom is -0.406 e. The second kappa shape index (κ2) is 7.59. The summed E-state index contributed by atoms with van der Waals surface area (Å²) < 4.78 is 18.4. The molecule has 1 aromatic heterocycles. The van der Waals surface area contributed by atoms with E-state index in [1.54, 1.807) is 12.1 Å². The quantitative estimate of drug-likeness (QED) is 0.843. The Morgan fingerprint density at radius 2 is 2.00 bits per heavy atom. The van der Waals surface area contributed by atoms with Gasteiger partial charge in [0.25, 0.3) is 0 Å². The van der Waals surface area contributed by atoms with E-state index >= 15 is 0 Å². The lowest BCUT2D eigenvalue weighted by Crippen LogP contribution is -2.57. The molecule has 0 fully saturated rings. The Kier molecular flexibility index (Phi) is 5.21. The maximum Gasteiger partial charge on any atom is 0.431 e. The van der Waals surface area contributed by atoms with Gasteiger partial charge in [0.15, 0.2) is 11.6 Å². The SMILES string of the molecule is CC(C)(C)C1=NNC(=O)N(NC(=O)Oc2cnc(-c3cccc(F)c3)nc2)C1. The van der Waals surface area contributed by atoms with Gasteiger partial charge in [0.05, 0.1) is 24.7 Å². The van der Waals surface area contributed by atoms with Crippen molar-refractivity contribution in [2.45, 2.75) is 20.8 Å². The number of halogens is 1. The molecule has 0 bridgehead atoms. The molecule has 3 rings (SSSR count). The molecule has 2 heterocycles. The molecule has 0 unspecified atom stereocenters. The van der Waals surface area contributed by atoms with Gasteiger partial charge in [-0.1, -0.05) is 32.9 Å².